The second-order valence-corrected chi connectivity index (χ2v) is 10.7. The number of hydrogen-bond donors (Lipinski definition) is 1. The first-order valence-corrected chi connectivity index (χ1v) is 12.6. The van der Waals surface area contributed by atoms with Crippen molar-refractivity contribution in [3.63, 3.8) is 0 Å². The molecule has 1 amide bonds. The smallest absolute Gasteiger partial charge is 0.379 e. The van der Waals surface area contributed by atoms with Crippen LogP contribution in [0, 0.1) is 11.3 Å². The number of carbonyl (C=O) groups excluding carboxylic acids is 1. The lowest BCUT2D eigenvalue weighted by atomic mass is 9.72. The average molecular weight is 481 g/mol. The van der Waals surface area contributed by atoms with Gasteiger partial charge in [-0.05, 0) is 62.0 Å². The van der Waals surface area contributed by atoms with Crippen molar-refractivity contribution in [2.24, 2.45) is 11.3 Å². The van der Waals surface area contributed by atoms with Crippen molar-refractivity contribution in [2.45, 2.75) is 81.8 Å². The number of nitrogens with one attached hydrogen (secondary N) is 1. The summed E-state index contributed by atoms with van der Waals surface area (Å²) in [5, 5.41) is 3.77. The van der Waals surface area contributed by atoms with E-state index in [9.17, 15) is 18.0 Å². The van der Waals surface area contributed by atoms with Gasteiger partial charge in [-0.1, -0.05) is 25.1 Å². The van der Waals surface area contributed by atoms with Crippen LogP contribution in [0.5, 0.6) is 0 Å². The van der Waals surface area contributed by atoms with Crippen LogP contribution in [0.4, 0.5) is 13.2 Å². The summed E-state index contributed by atoms with van der Waals surface area (Å²) >= 11 is 0. The van der Waals surface area contributed by atoms with Gasteiger partial charge in [-0.2, -0.15) is 13.2 Å². The molecule has 188 valence electrons. The molecule has 5 rings (SSSR count). The van der Waals surface area contributed by atoms with E-state index in [1.165, 1.54) is 12.1 Å². The molecule has 1 aliphatic carbocycles. The van der Waals surface area contributed by atoms with Crippen LogP contribution >= 0.6 is 0 Å². The number of rotatable bonds is 4. The summed E-state index contributed by atoms with van der Waals surface area (Å²) in [6.45, 7) is 4.12. The highest BCUT2D eigenvalue weighted by Crippen LogP contribution is 2.55. The maximum absolute atomic E-state index is 13.7. The fraction of sp³-hybridized carbons (Fsp3) is 0.731. The minimum atomic E-state index is -4.34. The quantitative estimate of drug-likeness (QED) is 0.696. The summed E-state index contributed by atoms with van der Waals surface area (Å²) in [7, 11) is 1.71. The van der Waals surface area contributed by atoms with Gasteiger partial charge in [0.25, 0.3) is 0 Å². The molecule has 34 heavy (non-hydrogen) atoms. The second kappa shape index (κ2) is 9.10. The zero-order valence-electron chi connectivity index (χ0n) is 19.9. The van der Waals surface area contributed by atoms with Crippen molar-refractivity contribution < 1.29 is 27.4 Å². The van der Waals surface area contributed by atoms with Gasteiger partial charge in [-0.15, -0.1) is 0 Å². The highest BCUT2D eigenvalue weighted by molar-refractivity contribution is 5.86. The SMILES string of the molecule is COC1COCC[C@H]1N[C@@H]1CC[C@@]2(C1)C(=O)N1CCC(c3cccc(C(F)(F)F)c3)CC1C2C. The van der Waals surface area contributed by atoms with Gasteiger partial charge in [-0.3, -0.25) is 4.79 Å². The molecule has 1 spiro atoms. The average Bonchev–Trinajstić information content (AvgIpc) is 3.35. The Bertz CT molecular complexity index is 910. The van der Waals surface area contributed by atoms with Crippen molar-refractivity contribution in [3.8, 4) is 0 Å². The van der Waals surface area contributed by atoms with Crippen LogP contribution in [0.2, 0.25) is 0 Å². The minimum Gasteiger partial charge on any atom is -0.379 e. The van der Waals surface area contributed by atoms with Crippen molar-refractivity contribution in [1.82, 2.24) is 10.2 Å². The number of alkyl halides is 3. The fourth-order valence-electron chi connectivity index (χ4n) is 7.11. The third-order valence-corrected chi connectivity index (χ3v) is 9.07. The Hall–Kier alpha value is -1.64. The third kappa shape index (κ3) is 4.16. The first-order chi connectivity index (χ1) is 16.2. The van der Waals surface area contributed by atoms with Crippen molar-refractivity contribution >= 4 is 5.91 Å². The Balaban J connectivity index is 1.29. The molecule has 4 fully saturated rings. The van der Waals surface area contributed by atoms with Crippen LogP contribution in [0.3, 0.4) is 0 Å². The largest absolute Gasteiger partial charge is 0.416 e. The van der Waals surface area contributed by atoms with Crippen molar-refractivity contribution in [3.05, 3.63) is 35.4 Å². The molecule has 8 heteroatoms. The van der Waals surface area contributed by atoms with Gasteiger partial charge < -0.3 is 19.7 Å². The predicted molar refractivity (Wildman–Crippen MR) is 121 cm³/mol. The lowest BCUT2D eigenvalue weighted by molar-refractivity contribution is -0.138. The first-order valence-electron chi connectivity index (χ1n) is 12.6. The lowest BCUT2D eigenvalue weighted by Crippen LogP contribution is -2.51. The molecule has 3 aliphatic heterocycles. The molecule has 0 aromatic heterocycles. The number of ether oxygens (including phenoxy) is 2. The molecule has 0 bridgehead atoms. The molecule has 1 saturated carbocycles. The number of benzene rings is 1. The topological polar surface area (TPSA) is 50.8 Å². The number of halogens is 3. The van der Waals surface area contributed by atoms with Crippen LogP contribution in [0.25, 0.3) is 0 Å². The van der Waals surface area contributed by atoms with E-state index in [1.54, 1.807) is 7.11 Å². The van der Waals surface area contributed by atoms with Gasteiger partial charge in [0.05, 0.1) is 23.7 Å². The summed E-state index contributed by atoms with van der Waals surface area (Å²) < 4.78 is 50.9. The van der Waals surface area contributed by atoms with Gasteiger partial charge in [0.2, 0.25) is 5.91 Å². The summed E-state index contributed by atoms with van der Waals surface area (Å²) in [5.74, 6) is 0.495. The molecule has 4 unspecified atom stereocenters. The van der Waals surface area contributed by atoms with E-state index < -0.39 is 11.7 Å². The van der Waals surface area contributed by atoms with Gasteiger partial charge in [-0.25, -0.2) is 0 Å². The monoisotopic (exact) mass is 480 g/mol. The van der Waals surface area contributed by atoms with E-state index >= 15 is 0 Å². The lowest BCUT2D eigenvalue weighted by Gasteiger charge is -2.37. The molecule has 3 heterocycles. The minimum absolute atomic E-state index is 0.0292. The van der Waals surface area contributed by atoms with Gasteiger partial charge in [0, 0.05) is 38.4 Å². The maximum atomic E-state index is 13.7. The van der Waals surface area contributed by atoms with E-state index in [4.69, 9.17) is 9.47 Å². The first kappa shape index (κ1) is 24.1. The van der Waals surface area contributed by atoms with Gasteiger partial charge in [0.1, 0.15) is 0 Å². The molecule has 1 aromatic carbocycles. The van der Waals surface area contributed by atoms with E-state index in [0.29, 0.717) is 19.6 Å². The summed E-state index contributed by atoms with van der Waals surface area (Å²) in [6, 6.07) is 6.34. The molecular weight excluding hydrogens is 445 g/mol. The van der Waals surface area contributed by atoms with Gasteiger partial charge in [0.15, 0.2) is 0 Å². The van der Waals surface area contributed by atoms with Crippen LogP contribution in [-0.4, -0.2) is 61.9 Å². The molecule has 3 saturated heterocycles. The van der Waals surface area contributed by atoms with E-state index in [0.717, 1.165) is 50.3 Å². The number of methoxy groups -OCH3 is 1. The van der Waals surface area contributed by atoms with E-state index in [1.807, 2.05) is 11.0 Å². The Morgan fingerprint density at radius 1 is 1.24 bits per heavy atom. The normalized spacial score (nSPS) is 38.5. The number of hydrogen-bond acceptors (Lipinski definition) is 4. The number of fused-ring (bicyclic) bond motifs is 1. The Morgan fingerprint density at radius 3 is 2.82 bits per heavy atom. The van der Waals surface area contributed by atoms with Crippen LogP contribution in [-0.2, 0) is 20.4 Å². The molecule has 4 aliphatic rings. The highest BCUT2D eigenvalue weighted by atomic mass is 19.4. The number of carbonyl (C=O) groups is 1. The molecule has 5 nitrogen and oxygen atoms in total. The van der Waals surface area contributed by atoms with Crippen LogP contribution < -0.4 is 5.32 Å². The summed E-state index contributed by atoms with van der Waals surface area (Å²) in [4.78, 5) is 15.7. The molecular formula is C26H35F3N2O3. The standard InChI is InChI=1S/C26H35F3N2O3/c1-16-22-13-18(17-4-3-5-19(12-17)26(27,28)29)7-10-31(22)24(32)25(16)9-6-20(14-25)30-21-8-11-34-15-23(21)33-2/h3-5,12,16,18,20-23,30H,6-11,13-15H2,1-2H3/t16?,18?,20-,21-,22?,23?,25+/m1/s1. The highest BCUT2D eigenvalue weighted by Gasteiger charge is 2.60. The molecule has 1 N–H and O–H groups in total. The molecule has 7 atom stereocenters. The summed E-state index contributed by atoms with van der Waals surface area (Å²) in [5.41, 5.74) is -0.212. The van der Waals surface area contributed by atoms with Crippen molar-refractivity contribution in [2.75, 3.05) is 26.9 Å². The Labute approximate surface area is 199 Å². The van der Waals surface area contributed by atoms with E-state index in [2.05, 4.69) is 12.2 Å². The zero-order valence-corrected chi connectivity index (χ0v) is 19.9. The second-order valence-electron chi connectivity index (χ2n) is 10.7. The Kier molecular flexibility index (Phi) is 6.44. The third-order valence-electron chi connectivity index (χ3n) is 9.07. The molecule has 1 aromatic rings. The van der Waals surface area contributed by atoms with Crippen LogP contribution in [0.15, 0.2) is 24.3 Å². The Morgan fingerprint density at radius 2 is 2.06 bits per heavy atom. The van der Waals surface area contributed by atoms with Crippen LogP contribution in [0.1, 0.15) is 62.5 Å². The predicted octanol–water partition coefficient (Wildman–Crippen LogP) is 4.36. The van der Waals surface area contributed by atoms with Gasteiger partial charge >= 0.3 is 6.18 Å². The number of amides is 1. The zero-order chi connectivity index (χ0) is 24.1. The number of piperidine rings is 1. The fourth-order valence-corrected chi connectivity index (χ4v) is 7.11. The maximum Gasteiger partial charge on any atom is 0.416 e. The van der Waals surface area contributed by atoms with E-state index in [-0.39, 0.29) is 47.4 Å². The number of nitrogens with zero attached hydrogens (tertiary/aromatic N) is 1. The van der Waals surface area contributed by atoms with Crippen molar-refractivity contribution in [1.29, 1.82) is 0 Å². The summed E-state index contributed by atoms with van der Waals surface area (Å²) in [6.07, 6.45) is 0.692. The molecule has 0 radical (unpaired) electrons.